The molecule has 0 radical (unpaired) electrons. The molecule has 2 fully saturated rings. The zero-order valence-corrected chi connectivity index (χ0v) is 43.1. The van der Waals surface area contributed by atoms with E-state index in [1.165, 1.54) is 9.91 Å². The molecule has 2 saturated heterocycles. The van der Waals surface area contributed by atoms with Gasteiger partial charge in [-0.15, -0.1) is 0 Å². The average molecular weight is 973 g/mol. The topological polar surface area (TPSA) is 179 Å². The first-order valence-corrected chi connectivity index (χ1v) is 24.9. The van der Waals surface area contributed by atoms with Gasteiger partial charge in [0.05, 0.1) is 43.0 Å². The summed E-state index contributed by atoms with van der Waals surface area (Å²) in [5, 5.41) is 16.9. The van der Waals surface area contributed by atoms with Crippen LogP contribution < -0.4 is 10.7 Å². The number of pyridine rings is 1. The van der Waals surface area contributed by atoms with Crippen LogP contribution in [0.25, 0.3) is 33.3 Å². The van der Waals surface area contributed by atoms with E-state index in [1.807, 2.05) is 58.0 Å². The number of phenols is 1. The number of rotatable bonds is 11. The monoisotopic (exact) mass is 973 g/mol. The minimum Gasteiger partial charge on any atom is -0.508 e. The molecule has 7 rings (SSSR count). The standard InChI is InChI=1S/C55H72N8O8/c1-11-61-47-19-18-37-28-43(47)44(50(61)42-15-12-20-56-46(42)32-70-10)29-55(5,6)33-71-54(69)45-16-13-22-63(58-45)53(68)39(25-36-24-38(37)27-41(64)26-36)30-57-51(66)49(34(2)3)60(9)52(67)40-23-35(4)62(31-40)48(65)17-14-21-59(7)8/h12,15,18-20,24,26-28,34-35,39-40,45,49,58,64H,11,13,16,21-23,25,29-33H2,1-10H3,(H,57,66)/t35-,39-,40+,45+,49+/m1/s1. The minimum absolute atomic E-state index is 0.0241. The van der Waals surface area contributed by atoms with Crippen molar-refractivity contribution in [2.75, 3.05) is 61.0 Å². The fourth-order valence-corrected chi connectivity index (χ4v) is 10.6. The molecular formula is C55H72N8O8. The van der Waals surface area contributed by atoms with E-state index in [2.05, 4.69) is 66.1 Å². The molecule has 4 amide bonds. The number of carbonyl (C=O) groups is 5. The molecule has 3 N–H and O–H groups in total. The second-order valence-corrected chi connectivity index (χ2v) is 20.9. The molecule has 16 heteroatoms. The molecule has 380 valence electrons. The molecule has 2 aromatic heterocycles. The van der Waals surface area contributed by atoms with E-state index < -0.39 is 41.2 Å². The normalized spacial score (nSPS) is 20.8. The molecule has 6 bridgehead atoms. The van der Waals surface area contributed by atoms with Crippen LogP contribution in [0.15, 0.2) is 54.7 Å². The number of aryl methyl sites for hydroxylation is 1. The Balaban J connectivity index is 1.22. The number of nitrogens with one attached hydrogen (secondary N) is 2. The van der Waals surface area contributed by atoms with Crippen LogP contribution in [-0.2, 0) is 59.4 Å². The zero-order chi connectivity index (χ0) is 51.3. The maximum atomic E-state index is 14.7. The number of ether oxygens (including phenoxy) is 2. The first-order chi connectivity index (χ1) is 33.8. The number of aromatic nitrogens is 2. The van der Waals surface area contributed by atoms with E-state index in [1.54, 1.807) is 37.4 Å². The third kappa shape index (κ3) is 11.9. The Labute approximate surface area is 418 Å². The smallest absolute Gasteiger partial charge is 0.324 e. The number of methoxy groups -OCH3 is 1. The summed E-state index contributed by atoms with van der Waals surface area (Å²) in [7, 11) is 7.01. The van der Waals surface area contributed by atoms with Crippen molar-refractivity contribution in [3.63, 3.8) is 0 Å². The van der Waals surface area contributed by atoms with Gasteiger partial charge in [0.15, 0.2) is 0 Å². The number of fused-ring (bicyclic) bond motifs is 6. The highest BCUT2D eigenvalue weighted by Crippen LogP contribution is 2.41. The third-order valence-corrected chi connectivity index (χ3v) is 14.0. The Kier molecular flexibility index (Phi) is 16.6. The summed E-state index contributed by atoms with van der Waals surface area (Å²) in [6.45, 7) is 13.9. The van der Waals surface area contributed by atoms with Gasteiger partial charge in [0, 0.05) is 74.5 Å². The van der Waals surface area contributed by atoms with Gasteiger partial charge in [-0.3, -0.25) is 38.9 Å². The molecule has 0 unspecified atom stereocenters. The van der Waals surface area contributed by atoms with Crippen molar-refractivity contribution >= 4 is 40.5 Å². The molecule has 0 saturated carbocycles. The SMILES string of the molecule is CCn1c(-c2cccnc2COC)c2c3cc(ccc31)-c1cc(O)cc(c1)C[C@H](CNC(=O)[C@H](C(C)C)N(C)C(=O)[C@H]1C[C@@H](C)N(C(=O)C#CCN(C)C)C1)C(=O)N1CCC[C@H](N1)C(=O)OCC(C)(C)C2. The van der Waals surface area contributed by atoms with Crippen LogP contribution in [0.3, 0.4) is 0 Å². The second kappa shape index (κ2) is 22.4. The maximum Gasteiger partial charge on any atom is 0.324 e. The van der Waals surface area contributed by atoms with Crippen molar-refractivity contribution in [1.82, 2.24) is 40.0 Å². The van der Waals surface area contributed by atoms with E-state index in [9.17, 15) is 29.1 Å². The molecule has 2 aromatic carbocycles. The van der Waals surface area contributed by atoms with Crippen LogP contribution in [0, 0.1) is 35.0 Å². The van der Waals surface area contributed by atoms with E-state index in [4.69, 9.17) is 14.5 Å². The van der Waals surface area contributed by atoms with Gasteiger partial charge in [-0.05, 0) is 131 Å². The van der Waals surface area contributed by atoms with Gasteiger partial charge in [-0.25, -0.2) is 5.43 Å². The summed E-state index contributed by atoms with van der Waals surface area (Å²) in [6.07, 6.45) is 3.91. The van der Waals surface area contributed by atoms with Gasteiger partial charge < -0.3 is 34.3 Å². The Morgan fingerprint density at radius 2 is 1.86 bits per heavy atom. The van der Waals surface area contributed by atoms with Gasteiger partial charge >= 0.3 is 5.97 Å². The number of esters is 1. The number of cyclic esters (lactones) is 1. The summed E-state index contributed by atoms with van der Waals surface area (Å²) in [6, 6.07) is 13.8. The van der Waals surface area contributed by atoms with Crippen molar-refractivity contribution in [1.29, 1.82) is 0 Å². The Morgan fingerprint density at radius 3 is 2.58 bits per heavy atom. The number of aromatic hydroxyl groups is 1. The Hall–Kier alpha value is -6.28. The summed E-state index contributed by atoms with van der Waals surface area (Å²) in [4.78, 5) is 79.9. The van der Waals surface area contributed by atoms with E-state index in [-0.39, 0.29) is 61.5 Å². The van der Waals surface area contributed by atoms with Crippen LogP contribution in [0.5, 0.6) is 5.75 Å². The molecule has 3 aliphatic rings. The largest absolute Gasteiger partial charge is 0.508 e. The highest BCUT2D eigenvalue weighted by atomic mass is 16.5. The molecule has 4 aromatic rings. The summed E-state index contributed by atoms with van der Waals surface area (Å²) in [5.74, 6) is 2.15. The van der Waals surface area contributed by atoms with Crippen LogP contribution >= 0.6 is 0 Å². The predicted octanol–water partition coefficient (Wildman–Crippen LogP) is 5.42. The lowest BCUT2D eigenvalue weighted by Crippen LogP contribution is -2.58. The van der Waals surface area contributed by atoms with Crippen molar-refractivity contribution in [2.24, 2.45) is 23.2 Å². The minimum atomic E-state index is -0.881. The fraction of sp³-hybridized carbons (Fsp3) is 0.527. The fourth-order valence-electron chi connectivity index (χ4n) is 10.6. The number of likely N-dealkylation sites (tertiary alicyclic amines) is 1. The zero-order valence-electron chi connectivity index (χ0n) is 43.1. The molecule has 5 atom stereocenters. The number of hydrogen-bond acceptors (Lipinski definition) is 11. The van der Waals surface area contributed by atoms with E-state index in [0.29, 0.717) is 57.5 Å². The van der Waals surface area contributed by atoms with Crippen LogP contribution in [-0.4, -0.2) is 143 Å². The van der Waals surface area contributed by atoms with E-state index >= 15 is 0 Å². The molecule has 3 aliphatic heterocycles. The number of amides is 4. The highest BCUT2D eigenvalue weighted by molar-refractivity contribution is 5.96. The van der Waals surface area contributed by atoms with E-state index in [0.717, 1.165) is 44.5 Å². The van der Waals surface area contributed by atoms with Gasteiger partial charge in [-0.2, -0.15) is 0 Å². The van der Waals surface area contributed by atoms with Gasteiger partial charge in [0.1, 0.15) is 17.8 Å². The number of likely N-dealkylation sites (N-methyl/N-ethyl adjacent to an activating group) is 1. The van der Waals surface area contributed by atoms with Crippen LogP contribution in [0.2, 0.25) is 0 Å². The number of phenolic OH excluding ortho intramolecular Hbond substituents is 1. The summed E-state index contributed by atoms with van der Waals surface area (Å²) in [5.41, 5.74) is 9.79. The number of carbonyl (C=O) groups excluding carboxylic acids is 5. The van der Waals surface area contributed by atoms with Gasteiger partial charge in [-0.1, -0.05) is 45.7 Å². The van der Waals surface area contributed by atoms with Crippen molar-refractivity contribution < 1.29 is 38.6 Å². The molecular weight excluding hydrogens is 901 g/mol. The first-order valence-electron chi connectivity index (χ1n) is 24.9. The van der Waals surface area contributed by atoms with Gasteiger partial charge in [0.2, 0.25) is 17.7 Å². The van der Waals surface area contributed by atoms with Crippen molar-refractivity contribution in [2.45, 2.75) is 105 Å². The van der Waals surface area contributed by atoms with Crippen molar-refractivity contribution in [3.05, 3.63) is 71.5 Å². The van der Waals surface area contributed by atoms with Crippen LogP contribution in [0.4, 0.5) is 0 Å². The van der Waals surface area contributed by atoms with Crippen molar-refractivity contribution in [3.8, 4) is 40.0 Å². The Morgan fingerprint density at radius 1 is 1.08 bits per heavy atom. The Bertz CT molecular complexity index is 2700. The third-order valence-electron chi connectivity index (χ3n) is 14.0. The molecule has 0 aliphatic carbocycles. The first kappa shape index (κ1) is 52.5. The molecule has 71 heavy (non-hydrogen) atoms. The molecule has 5 heterocycles. The lowest BCUT2D eigenvalue weighted by atomic mass is 9.84. The quantitative estimate of drug-likeness (QED) is 0.129. The van der Waals surface area contributed by atoms with Gasteiger partial charge in [0.25, 0.3) is 5.91 Å². The summed E-state index contributed by atoms with van der Waals surface area (Å²) >= 11 is 0. The lowest BCUT2D eigenvalue weighted by molar-refractivity contribution is -0.155. The number of benzene rings is 2. The lowest BCUT2D eigenvalue weighted by Gasteiger charge is -2.36. The number of hydrogen-bond donors (Lipinski definition) is 3. The molecule has 0 spiro atoms. The summed E-state index contributed by atoms with van der Waals surface area (Å²) < 4.78 is 14.0. The molecule has 16 nitrogen and oxygen atoms in total. The predicted molar refractivity (Wildman–Crippen MR) is 272 cm³/mol. The highest BCUT2D eigenvalue weighted by Gasteiger charge is 2.41. The average Bonchev–Trinajstić information content (AvgIpc) is 3.87. The number of nitrogens with zero attached hydrogens (tertiary/aromatic N) is 6. The number of hydrazine groups is 1. The maximum absolute atomic E-state index is 14.7. The second-order valence-electron chi connectivity index (χ2n) is 20.9. The van der Waals surface area contributed by atoms with Crippen LogP contribution in [0.1, 0.15) is 77.6 Å².